The van der Waals surface area contributed by atoms with Crippen LogP contribution in [0.3, 0.4) is 0 Å². The topological polar surface area (TPSA) is 73.2 Å². The van der Waals surface area contributed by atoms with Gasteiger partial charge in [-0.15, -0.1) is 0 Å². The summed E-state index contributed by atoms with van der Waals surface area (Å²) in [6, 6.07) is 6.93. The predicted molar refractivity (Wildman–Crippen MR) is 62.2 cm³/mol. The Morgan fingerprint density at radius 1 is 1.47 bits per heavy atom. The van der Waals surface area contributed by atoms with Crippen molar-refractivity contribution in [2.75, 3.05) is 19.1 Å². The zero-order valence-electron chi connectivity index (χ0n) is 9.21. The van der Waals surface area contributed by atoms with Crippen LogP contribution >= 0.6 is 0 Å². The molecule has 1 aromatic carbocycles. The third kappa shape index (κ3) is 2.31. The van der Waals surface area contributed by atoms with Crippen LogP contribution in [0.4, 0.5) is 0 Å². The van der Waals surface area contributed by atoms with Crippen LogP contribution in [0.2, 0.25) is 0 Å². The minimum absolute atomic E-state index is 0.112. The van der Waals surface area contributed by atoms with Gasteiger partial charge in [-0.2, -0.15) is 0 Å². The summed E-state index contributed by atoms with van der Waals surface area (Å²) < 4.78 is 5.70. The van der Waals surface area contributed by atoms with Gasteiger partial charge in [-0.1, -0.05) is 12.1 Å². The van der Waals surface area contributed by atoms with E-state index in [2.05, 4.69) is 15.1 Å². The highest BCUT2D eigenvalue weighted by Crippen LogP contribution is 2.03. The van der Waals surface area contributed by atoms with Gasteiger partial charge in [0.05, 0.1) is 10.9 Å². The number of nitrogens with zero attached hydrogens (tertiary/aromatic N) is 2. The Labute approximate surface area is 96.8 Å². The number of benzene rings is 1. The van der Waals surface area contributed by atoms with Gasteiger partial charge < -0.3 is 4.74 Å². The number of fused-ring (bicyclic) bond motifs is 1. The van der Waals surface area contributed by atoms with Crippen LogP contribution in [-0.4, -0.2) is 29.3 Å². The van der Waals surface area contributed by atoms with Crippen molar-refractivity contribution >= 4 is 16.8 Å². The third-order valence-corrected chi connectivity index (χ3v) is 2.19. The van der Waals surface area contributed by atoms with E-state index in [1.165, 1.54) is 13.4 Å². The molecule has 0 unspecified atom stereocenters. The Kier molecular flexibility index (Phi) is 3.15. The van der Waals surface area contributed by atoms with Crippen LogP contribution in [0.15, 0.2) is 35.4 Å². The number of nitrogens with one attached hydrogen (secondary N) is 1. The monoisotopic (exact) mass is 233 g/mol. The molecule has 0 atom stereocenters. The summed E-state index contributed by atoms with van der Waals surface area (Å²) in [4.78, 5) is 27.3. The van der Waals surface area contributed by atoms with E-state index in [9.17, 15) is 9.59 Å². The fourth-order valence-corrected chi connectivity index (χ4v) is 1.45. The predicted octanol–water partition coefficient (Wildman–Crippen LogP) is 0.113. The van der Waals surface area contributed by atoms with Gasteiger partial charge in [0.1, 0.15) is 12.9 Å². The van der Waals surface area contributed by atoms with Crippen LogP contribution in [0.25, 0.3) is 10.9 Å². The maximum absolute atomic E-state index is 11.9. The maximum Gasteiger partial charge on any atom is 0.280 e. The van der Waals surface area contributed by atoms with E-state index in [0.717, 1.165) is 4.68 Å². The van der Waals surface area contributed by atoms with E-state index >= 15 is 0 Å². The van der Waals surface area contributed by atoms with Crippen molar-refractivity contribution in [3.8, 4) is 0 Å². The number of carbonyl (C=O) groups is 1. The molecule has 2 rings (SSSR count). The molecular weight excluding hydrogens is 222 g/mol. The number of hydrogen-bond acceptors (Lipinski definition) is 4. The molecule has 1 amide bonds. The highest BCUT2D eigenvalue weighted by atomic mass is 16.5. The smallest absolute Gasteiger partial charge is 0.280 e. The quantitative estimate of drug-likeness (QED) is 0.816. The van der Waals surface area contributed by atoms with Gasteiger partial charge in [0.15, 0.2) is 0 Å². The Morgan fingerprint density at radius 3 is 3.00 bits per heavy atom. The number of para-hydroxylation sites is 1. The van der Waals surface area contributed by atoms with Crippen LogP contribution in [0, 0.1) is 0 Å². The summed E-state index contributed by atoms with van der Waals surface area (Å²) in [5.74, 6) is -0.410. The Hall–Kier alpha value is -2.21. The number of ether oxygens (including phenoxy) is 1. The van der Waals surface area contributed by atoms with Crippen LogP contribution in [-0.2, 0) is 9.53 Å². The van der Waals surface area contributed by atoms with Gasteiger partial charge in [-0.3, -0.25) is 15.0 Å². The molecule has 0 bridgehead atoms. The summed E-state index contributed by atoms with van der Waals surface area (Å²) >= 11 is 0. The fourth-order valence-electron chi connectivity index (χ4n) is 1.45. The van der Waals surface area contributed by atoms with Crippen LogP contribution < -0.4 is 11.0 Å². The number of hydrogen-bond donors (Lipinski definition) is 1. The molecule has 6 nitrogen and oxygen atoms in total. The van der Waals surface area contributed by atoms with Crippen LogP contribution in [0.5, 0.6) is 0 Å². The SMILES string of the molecule is COCC(=O)Nn1cnc2ccccc2c1=O. The molecule has 1 heterocycles. The van der Waals surface area contributed by atoms with Gasteiger partial charge in [0, 0.05) is 7.11 Å². The molecule has 0 saturated heterocycles. The molecular formula is C11H11N3O3. The summed E-state index contributed by atoms with van der Waals surface area (Å²) in [5, 5.41) is 0.452. The minimum Gasteiger partial charge on any atom is -0.375 e. The Balaban J connectivity index is 2.39. The number of rotatable bonds is 3. The molecule has 2 aromatic rings. The lowest BCUT2D eigenvalue weighted by Crippen LogP contribution is -2.34. The van der Waals surface area contributed by atoms with Crippen LogP contribution in [0.1, 0.15) is 0 Å². The Bertz CT molecular complexity index is 606. The van der Waals surface area contributed by atoms with E-state index in [4.69, 9.17) is 0 Å². The van der Waals surface area contributed by atoms with Gasteiger partial charge >= 0.3 is 0 Å². The van der Waals surface area contributed by atoms with E-state index < -0.39 is 5.91 Å². The van der Waals surface area contributed by atoms with E-state index in [1.807, 2.05) is 0 Å². The standard InChI is InChI=1S/C11H11N3O3/c1-17-6-10(15)13-14-7-12-9-5-3-2-4-8(9)11(14)16/h2-5,7H,6H2,1H3,(H,13,15). The van der Waals surface area contributed by atoms with Crippen molar-refractivity contribution < 1.29 is 9.53 Å². The second-order valence-electron chi connectivity index (χ2n) is 3.40. The number of amides is 1. The lowest BCUT2D eigenvalue weighted by molar-refractivity contribution is -0.120. The summed E-state index contributed by atoms with van der Waals surface area (Å²) in [6.07, 6.45) is 1.28. The summed E-state index contributed by atoms with van der Waals surface area (Å²) in [6.45, 7) is -0.112. The van der Waals surface area contributed by atoms with E-state index in [1.54, 1.807) is 24.3 Å². The number of carbonyl (C=O) groups excluding carboxylic acids is 1. The molecule has 0 saturated carbocycles. The maximum atomic E-state index is 11.9. The molecule has 88 valence electrons. The molecule has 1 N–H and O–H groups in total. The van der Waals surface area contributed by atoms with Gasteiger partial charge in [0.2, 0.25) is 0 Å². The first kappa shape index (κ1) is 11.3. The van der Waals surface area contributed by atoms with E-state index in [-0.39, 0.29) is 12.2 Å². The molecule has 17 heavy (non-hydrogen) atoms. The van der Waals surface area contributed by atoms with Crippen molar-refractivity contribution in [1.29, 1.82) is 0 Å². The van der Waals surface area contributed by atoms with Crippen molar-refractivity contribution in [3.63, 3.8) is 0 Å². The second-order valence-corrected chi connectivity index (χ2v) is 3.40. The third-order valence-electron chi connectivity index (χ3n) is 2.19. The molecule has 6 heteroatoms. The average molecular weight is 233 g/mol. The zero-order valence-corrected chi connectivity index (χ0v) is 9.21. The summed E-state index contributed by atoms with van der Waals surface area (Å²) in [5.41, 5.74) is 2.65. The molecule has 0 aliphatic heterocycles. The molecule has 1 aromatic heterocycles. The molecule has 0 aliphatic carbocycles. The lowest BCUT2D eigenvalue weighted by Gasteiger charge is -2.07. The van der Waals surface area contributed by atoms with Gasteiger partial charge in [-0.05, 0) is 12.1 Å². The first-order valence-corrected chi connectivity index (χ1v) is 4.97. The van der Waals surface area contributed by atoms with Gasteiger partial charge in [0.25, 0.3) is 11.5 Å². The normalized spacial score (nSPS) is 10.4. The van der Waals surface area contributed by atoms with Crippen molar-refractivity contribution in [3.05, 3.63) is 40.9 Å². The largest absolute Gasteiger partial charge is 0.375 e. The molecule has 0 spiro atoms. The highest BCUT2D eigenvalue weighted by molar-refractivity contribution is 5.85. The van der Waals surface area contributed by atoms with Crippen molar-refractivity contribution in [2.45, 2.75) is 0 Å². The van der Waals surface area contributed by atoms with Crippen molar-refractivity contribution in [1.82, 2.24) is 9.66 Å². The first-order chi connectivity index (χ1) is 8.22. The minimum atomic E-state index is -0.410. The average Bonchev–Trinajstić information content (AvgIpc) is 2.33. The molecule has 0 radical (unpaired) electrons. The number of aromatic nitrogens is 2. The van der Waals surface area contributed by atoms with Crippen molar-refractivity contribution in [2.24, 2.45) is 0 Å². The number of methoxy groups -OCH3 is 1. The fraction of sp³-hybridized carbons (Fsp3) is 0.182. The molecule has 0 aliphatic rings. The lowest BCUT2D eigenvalue weighted by atomic mass is 10.2. The summed E-state index contributed by atoms with van der Waals surface area (Å²) in [7, 11) is 1.40. The molecule has 0 fully saturated rings. The Morgan fingerprint density at radius 2 is 2.24 bits per heavy atom. The first-order valence-electron chi connectivity index (χ1n) is 4.97. The highest BCUT2D eigenvalue weighted by Gasteiger charge is 2.05. The second kappa shape index (κ2) is 4.75. The van der Waals surface area contributed by atoms with E-state index in [0.29, 0.717) is 10.9 Å². The van der Waals surface area contributed by atoms with Gasteiger partial charge in [-0.25, -0.2) is 9.66 Å². The zero-order chi connectivity index (χ0) is 12.3.